The SMILES string of the molecule is O=[N+]([O-])c1ccc(O[C@H]2OC[C@@H](O)[C@@H](O)[C@H]2O)cc1. The fourth-order valence-electron chi connectivity index (χ4n) is 1.66. The smallest absolute Gasteiger partial charge is 0.269 e. The fraction of sp³-hybridized carbons (Fsp3) is 0.455. The van der Waals surface area contributed by atoms with Crippen molar-refractivity contribution in [1.29, 1.82) is 0 Å². The number of non-ortho nitro benzene ring substituents is 1. The van der Waals surface area contributed by atoms with Gasteiger partial charge in [-0.05, 0) is 12.1 Å². The number of nitrogens with zero attached hydrogens (tertiary/aromatic N) is 1. The molecule has 2 rings (SSSR count). The van der Waals surface area contributed by atoms with Crippen LogP contribution < -0.4 is 4.74 Å². The van der Waals surface area contributed by atoms with E-state index in [1.54, 1.807) is 0 Å². The van der Waals surface area contributed by atoms with Gasteiger partial charge in [0.25, 0.3) is 5.69 Å². The highest BCUT2D eigenvalue weighted by molar-refractivity contribution is 5.36. The van der Waals surface area contributed by atoms with Gasteiger partial charge in [0, 0.05) is 12.1 Å². The molecule has 0 radical (unpaired) electrons. The van der Waals surface area contributed by atoms with Crippen molar-refractivity contribution >= 4 is 5.69 Å². The highest BCUT2D eigenvalue weighted by atomic mass is 16.7. The van der Waals surface area contributed by atoms with Gasteiger partial charge < -0.3 is 24.8 Å². The summed E-state index contributed by atoms with van der Waals surface area (Å²) >= 11 is 0. The van der Waals surface area contributed by atoms with Crippen LogP contribution in [0.15, 0.2) is 24.3 Å². The molecule has 0 amide bonds. The number of rotatable bonds is 3. The third-order valence-corrected chi connectivity index (χ3v) is 2.75. The van der Waals surface area contributed by atoms with E-state index in [2.05, 4.69) is 0 Å². The molecule has 1 aromatic rings. The number of aliphatic hydroxyl groups is 3. The highest BCUT2D eigenvalue weighted by Gasteiger charge is 2.38. The predicted octanol–water partition coefficient (Wildman–Crippen LogP) is -0.587. The molecule has 1 saturated heterocycles. The average molecular weight is 271 g/mol. The van der Waals surface area contributed by atoms with Gasteiger partial charge in [0.15, 0.2) is 0 Å². The summed E-state index contributed by atoms with van der Waals surface area (Å²) in [5.74, 6) is 0.248. The molecule has 0 unspecified atom stereocenters. The molecule has 0 aromatic heterocycles. The quantitative estimate of drug-likeness (QED) is 0.496. The first-order valence-electron chi connectivity index (χ1n) is 5.56. The zero-order valence-corrected chi connectivity index (χ0v) is 9.75. The van der Waals surface area contributed by atoms with Crippen LogP contribution in [0.1, 0.15) is 0 Å². The van der Waals surface area contributed by atoms with Gasteiger partial charge in [-0.3, -0.25) is 10.1 Å². The zero-order valence-electron chi connectivity index (χ0n) is 9.75. The molecule has 1 aliphatic rings. The first kappa shape index (κ1) is 13.7. The Morgan fingerprint density at radius 2 is 1.84 bits per heavy atom. The second-order valence-corrected chi connectivity index (χ2v) is 4.12. The van der Waals surface area contributed by atoms with E-state index < -0.39 is 29.5 Å². The highest BCUT2D eigenvalue weighted by Crippen LogP contribution is 2.22. The first-order chi connectivity index (χ1) is 8.99. The number of aliphatic hydroxyl groups excluding tert-OH is 3. The largest absolute Gasteiger partial charge is 0.462 e. The van der Waals surface area contributed by atoms with Crippen LogP contribution in [0.2, 0.25) is 0 Å². The minimum absolute atomic E-state index is 0.0899. The van der Waals surface area contributed by atoms with Gasteiger partial charge in [-0.15, -0.1) is 0 Å². The molecular weight excluding hydrogens is 258 g/mol. The Balaban J connectivity index is 2.03. The molecule has 0 spiro atoms. The van der Waals surface area contributed by atoms with E-state index in [1.807, 2.05) is 0 Å². The van der Waals surface area contributed by atoms with Gasteiger partial charge in [-0.1, -0.05) is 0 Å². The van der Waals surface area contributed by atoms with Crippen LogP contribution in [-0.4, -0.2) is 51.5 Å². The molecule has 0 aliphatic carbocycles. The lowest BCUT2D eigenvalue weighted by Crippen LogP contribution is -2.54. The summed E-state index contributed by atoms with van der Waals surface area (Å²) in [4.78, 5) is 9.93. The fourth-order valence-corrected chi connectivity index (χ4v) is 1.66. The Labute approximate surface area is 108 Å². The van der Waals surface area contributed by atoms with Gasteiger partial charge in [0.1, 0.15) is 24.1 Å². The summed E-state index contributed by atoms with van der Waals surface area (Å²) in [6.07, 6.45) is -5.08. The third-order valence-electron chi connectivity index (χ3n) is 2.75. The second-order valence-electron chi connectivity index (χ2n) is 4.12. The van der Waals surface area contributed by atoms with Crippen molar-refractivity contribution in [2.75, 3.05) is 6.61 Å². The molecule has 4 atom stereocenters. The lowest BCUT2D eigenvalue weighted by molar-refractivity contribution is -0.384. The Bertz CT molecular complexity index is 449. The van der Waals surface area contributed by atoms with Crippen molar-refractivity contribution < 1.29 is 29.7 Å². The summed E-state index contributed by atoms with van der Waals surface area (Å²) in [6, 6.07) is 5.20. The van der Waals surface area contributed by atoms with E-state index in [0.29, 0.717) is 0 Å². The monoisotopic (exact) mass is 271 g/mol. The van der Waals surface area contributed by atoms with Crippen molar-refractivity contribution in [2.24, 2.45) is 0 Å². The van der Waals surface area contributed by atoms with Gasteiger partial charge in [-0.2, -0.15) is 0 Å². The summed E-state index contributed by atoms with van der Waals surface area (Å²) in [5, 5.41) is 38.8. The summed E-state index contributed by atoms with van der Waals surface area (Å²) in [7, 11) is 0. The maximum Gasteiger partial charge on any atom is 0.269 e. The lowest BCUT2D eigenvalue weighted by atomic mass is 10.1. The molecule has 104 valence electrons. The van der Waals surface area contributed by atoms with Crippen LogP contribution in [-0.2, 0) is 4.74 Å². The maximum atomic E-state index is 10.5. The molecule has 0 saturated carbocycles. The van der Waals surface area contributed by atoms with Crippen LogP contribution in [0.25, 0.3) is 0 Å². The Kier molecular flexibility index (Phi) is 3.96. The van der Waals surface area contributed by atoms with Gasteiger partial charge >= 0.3 is 0 Å². The van der Waals surface area contributed by atoms with E-state index in [0.717, 1.165) is 0 Å². The maximum absolute atomic E-state index is 10.5. The van der Waals surface area contributed by atoms with Crippen molar-refractivity contribution in [2.45, 2.75) is 24.6 Å². The summed E-state index contributed by atoms with van der Waals surface area (Å²) in [6.45, 7) is -0.171. The van der Waals surface area contributed by atoms with Gasteiger partial charge in [0.05, 0.1) is 11.5 Å². The summed E-state index contributed by atoms with van der Waals surface area (Å²) in [5.41, 5.74) is -0.0899. The first-order valence-corrected chi connectivity index (χ1v) is 5.56. The van der Waals surface area contributed by atoms with Crippen LogP contribution >= 0.6 is 0 Å². The number of nitro groups is 1. The average Bonchev–Trinajstić information content (AvgIpc) is 2.40. The number of ether oxygens (including phenoxy) is 2. The number of nitro benzene ring substituents is 1. The lowest BCUT2D eigenvalue weighted by Gasteiger charge is -2.34. The molecule has 8 nitrogen and oxygen atoms in total. The van der Waals surface area contributed by atoms with Crippen molar-refractivity contribution in [3.8, 4) is 5.75 Å². The molecule has 1 aliphatic heterocycles. The van der Waals surface area contributed by atoms with Gasteiger partial charge in [-0.25, -0.2) is 0 Å². The zero-order chi connectivity index (χ0) is 14.0. The molecule has 1 fully saturated rings. The van der Waals surface area contributed by atoms with Crippen molar-refractivity contribution in [3.63, 3.8) is 0 Å². The van der Waals surface area contributed by atoms with Crippen molar-refractivity contribution in [3.05, 3.63) is 34.4 Å². The molecule has 0 bridgehead atoms. The van der Waals surface area contributed by atoms with E-state index >= 15 is 0 Å². The van der Waals surface area contributed by atoms with E-state index in [-0.39, 0.29) is 18.0 Å². The van der Waals surface area contributed by atoms with Crippen molar-refractivity contribution in [1.82, 2.24) is 0 Å². The standard InChI is InChI=1S/C11H13NO7/c13-8-5-18-11(10(15)9(8)14)19-7-3-1-6(2-4-7)12(16)17/h1-4,8-11,13-15H,5H2/t8-,9-,10-,11-/m1/s1. The van der Waals surface area contributed by atoms with E-state index in [9.17, 15) is 25.4 Å². The minimum atomic E-state index is -1.40. The molecule has 19 heavy (non-hydrogen) atoms. The van der Waals surface area contributed by atoms with Crippen LogP contribution in [0.3, 0.4) is 0 Å². The van der Waals surface area contributed by atoms with Crippen LogP contribution in [0.5, 0.6) is 5.75 Å². The second kappa shape index (κ2) is 5.49. The Morgan fingerprint density at radius 1 is 1.21 bits per heavy atom. The normalized spacial score (nSPS) is 30.9. The molecular formula is C11H13NO7. The van der Waals surface area contributed by atoms with E-state index in [4.69, 9.17) is 9.47 Å². The topological polar surface area (TPSA) is 122 Å². The Hall–Kier alpha value is -1.74. The van der Waals surface area contributed by atoms with Crippen LogP contribution in [0, 0.1) is 10.1 Å². The molecule has 1 aromatic carbocycles. The number of hydrogen-bond acceptors (Lipinski definition) is 7. The van der Waals surface area contributed by atoms with Crippen LogP contribution in [0.4, 0.5) is 5.69 Å². The van der Waals surface area contributed by atoms with Gasteiger partial charge in [0.2, 0.25) is 6.29 Å². The number of benzene rings is 1. The molecule has 3 N–H and O–H groups in total. The summed E-state index contributed by atoms with van der Waals surface area (Å²) < 4.78 is 10.3. The third kappa shape index (κ3) is 2.99. The molecule has 8 heteroatoms. The van der Waals surface area contributed by atoms with E-state index in [1.165, 1.54) is 24.3 Å². The number of hydrogen-bond donors (Lipinski definition) is 3. The Morgan fingerprint density at radius 3 is 2.42 bits per heavy atom. The minimum Gasteiger partial charge on any atom is -0.462 e. The predicted molar refractivity (Wildman–Crippen MR) is 61.5 cm³/mol. The molecule has 1 heterocycles.